The van der Waals surface area contributed by atoms with Gasteiger partial charge in [0.15, 0.2) is 0 Å². The lowest BCUT2D eigenvalue weighted by molar-refractivity contribution is -0.136. The van der Waals surface area contributed by atoms with E-state index in [4.69, 9.17) is 9.84 Å². The van der Waals surface area contributed by atoms with Gasteiger partial charge in [-0.3, -0.25) is 9.59 Å². The molecule has 0 spiro atoms. The molecule has 2 aromatic carbocycles. The van der Waals surface area contributed by atoms with Crippen molar-refractivity contribution >= 4 is 12.3 Å². The third-order valence-corrected chi connectivity index (χ3v) is 2.78. The molecule has 2 aromatic rings. The second-order valence-electron chi connectivity index (χ2n) is 4.33. The highest BCUT2D eigenvalue weighted by molar-refractivity contribution is 5.74. The van der Waals surface area contributed by atoms with E-state index in [1.165, 1.54) is 0 Å². The van der Waals surface area contributed by atoms with Crippen molar-refractivity contribution in [2.45, 2.75) is 12.8 Å². The predicted molar refractivity (Wildman–Crippen MR) is 74.3 cm³/mol. The van der Waals surface area contributed by atoms with Crippen LogP contribution in [0.1, 0.15) is 22.3 Å². The maximum Gasteiger partial charge on any atom is 0.303 e. The number of rotatable bonds is 6. The van der Waals surface area contributed by atoms with E-state index < -0.39 is 5.97 Å². The number of carbonyl (C=O) groups excluding carboxylic acids is 1. The second kappa shape index (κ2) is 6.52. The summed E-state index contributed by atoms with van der Waals surface area (Å²) in [6.07, 6.45) is 1.34. The van der Waals surface area contributed by atoms with Gasteiger partial charge in [0, 0.05) is 12.0 Å². The zero-order chi connectivity index (χ0) is 14.4. The first-order valence-corrected chi connectivity index (χ1v) is 6.21. The summed E-state index contributed by atoms with van der Waals surface area (Å²) in [6, 6.07) is 14.1. The molecule has 0 aliphatic heterocycles. The molecule has 0 heterocycles. The lowest BCUT2D eigenvalue weighted by Crippen LogP contribution is -1.97. The van der Waals surface area contributed by atoms with Crippen LogP contribution in [-0.4, -0.2) is 17.4 Å². The smallest absolute Gasteiger partial charge is 0.303 e. The van der Waals surface area contributed by atoms with E-state index in [9.17, 15) is 9.59 Å². The van der Waals surface area contributed by atoms with Crippen LogP contribution < -0.4 is 4.74 Å². The van der Waals surface area contributed by atoms with Crippen molar-refractivity contribution < 1.29 is 19.4 Å². The van der Waals surface area contributed by atoms with Crippen molar-refractivity contribution in [1.82, 2.24) is 0 Å². The Morgan fingerprint density at radius 2 is 1.85 bits per heavy atom. The van der Waals surface area contributed by atoms with Gasteiger partial charge in [0.25, 0.3) is 0 Å². The largest absolute Gasteiger partial charge is 0.481 e. The highest BCUT2D eigenvalue weighted by Gasteiger charge is 2.02. The first kappa shape index (κ1) is 13.8. The number of carbonyl (C=O) groups is 2. The lowest BCUT2D eigenvalue weighted by atomic mass is 10.1. The Morgan fingerprint density at radius 3 is 2.50 bits per heavy atom. The summed E-state index contributed by atoms with van der Waals surface area (Å²) >= 11 is 0. The molecule has 0 unspecified atom stereocenters. The normalized spacial score (nSPS) is 10.0. The Morgan fingerprint density at radius 1 is 1.10 bits per heavy atom. The van der Waals surface area contributed by atoms with Gasteiger partial charge in [0.2, 0.25) is 0 Å². The van der Waals surface area contributed by atoms with Crippen molar-refractivity contribution in [3.05, 3.63) is 59.7 Å². The summed E-state index contributed by atoms with van der Waals surface area (Å²) < 4.78 is 5.66. The molecule has 0 aliphatic rings. The molecule has 0 atom stereocenters. The number of carboxylic acid groups (broad SMARTS) is 1. The number of hydrogen-bond acceptors (Lipinski definition) is 3. The van der Waals surface area contributed by atoms with Crippen molar-refractivity contribution in [1.29, 1.82) is 0 Å². The van der Waals surface area contributed by atoms with Crippen LogP contribution in [0.5, 0.6) is 11.5 Å². The minimum absolute atomic E-state index is 0.0947. The van der Waals surface area contributed by atoms with E-state index in [1.807, 2.05) is 18.2 Å². The fourth-order valence-corrected chi connectivity index (χ4v) is 1.77. The molecule has 0 bridgehead atoms. The first-order chi connectivity index (χ1) is 9.67. The van der Waals surface area contributed by atoms with E-state index in [0.29, 0.717) is 23.5 Å². The number of aliphatic carboxylic acids is 1. The molecule has 4 heteroatoms. The minimum atomic E-state index is -0.819. The van der Waals surface area contributed by atoms with Crippen LogP contribution in [0.2, 0.25) is 0 Å². The van der Waals surface area contributed by atoms with E-state index in [1.54, 1.807) is 30.3 Å². The van der Waals surface area contributed by atoms with Crippen molar-refractivity contribution in [2.75, 3.05) is 0 Å². The third kappa shape index (κ3) is 3.95. The highest BCUT2D eigenvalue weighted by atomic mass is 16.5. The summed E-state index contributed by atoms with van der Waals surface area (Å²) in [5.74, 6) is 0.457. The Labute approximate surface area is 116 Å². The van der Waals surface area contributed by atoms with Crippen LogP contribution in [0.4, 0.5) is 0 Å². The number of carboxylic acids is 1. The van der Waals surface area contributed by atoms with Gasteiger partial charge < -0.3 is 9.84 Å². The standard InChI is InChI=1S/C16H14O4/c17-11-13-4-7-14(8-5-13)20-15-3-1-2-12(10-15)6-9-16(18)19/h1-5,7-8,10-11H,6,9H2,(H,18,19). The van der Waals surface area contributed by atoms with Crippen molar-refractivity contribution in [3.63, 3.8) is 0 Å². The first-order valence-electron chi connectivity index (χ1n) is 6.21. The quantitative estimate of drug-likeness (QED) is 0.818. The van der Waals surface area contributed by atoms with E-state index >= 15 is 0 Å². The molecule has 0 saturated carbocycles. The van der Waals surface area contributed by atoms with Gasteiger partial charge in [-0.15, -0.1) is 0 Å². The van der Waals surface area contributed by atoms with E-state index in [0.717, 1.165) is 11.8 Å². The van der Waals surface area contributed by atoms with Gasteiger partial charge in [-0.1, -0.05) is 12.1 Å². The second-order valence-corrected chi connectivity index (χ2v) is 4.33. The fraction of sp³-hybridized carbons (Fsp3) is 0.125. The molecular formula is C16H14O4. The maximum atomic E-state index is 10.6. The maximum absolute atomic E-state index is 10.6. The lowest BCUT2D eigenvalue weighted by Gasteiger charge is -2.07. The van der Waals surface area contributed by atoms with Crippen LogP contribution in [0.3, 0.4) is 0 Å². The summed E-state index contributed by atoms with van der Waals surface area (Å²) in [5, 5.41) is 8.67. The molecule has 0 aromatic heterocycles. The average Bonchev–Trinajstić information content (AvgIpc) is 2.46. The van der Waals surface area contributed by atoms with Gasteiger partial charge in [-0.05, 0) is 48.4 Å². The van der Waals surface area contributed by atoms with Gasteiger partial charge in [-0.2, -0.15) is 0 Å². The fourth-order valence-electron chi connectivity index (χ4n) is 1.77. The molecule has 0 aliphatic carbocycles. The predicted octanol–water partition coefficient (Wildman–Crippen LogP) is 3.31. The van der Waals surface area contributed by atoms with Crippen LogP contribution in [-0.2, 0) is 11.2 Å². The molecule has 1 N–H and O–H groups in total. The van der Waals surface area contributed by atoms with Crippen molar-refractivity contribution in [3.8, 4) is 11.5 Å². The van der Waals surface area contributed by atoms with Crippen LogP contribution >= 0.6 is 0 Å². The topological polar surface area (TPSA) is 63.6 Å². The molecule has 20 heavy (non-hydrogen) atoms. The summed E-state index contributed by atoms with van der Waals surface area (Å²) in [4.78, 5) is 21.1. The Hall–Kier alpha value is -2.62. The molecule has 0 fully saturated rings. The van der Waals surface area contributed by atoms with Gasteiger partial charge >= 0.3 is 5.97 Å². The van der Waals surface area contributed by atoms with Crippen molar-refractivity contribution in [2.24, 2.45) is 0 Å². The van der Waals surface area contributed by atoms with Gasteiger partial charge in [-0.25, -0.2) is 0 Å². The molecule has 2 rings (SSSR count). The molecular weight excluding hydrogens is 256 g/mol. The molecule has 0 amide bonds. The Balaban J connectivity index is 2.06. The summed E-state index contributed by atoms with van der Waals surface area (Å²) in [7, 11) is 0. The van der Waals surface area contributed by atoms with Crippen LogP contribution in [0.15, 0.2) is 48.5 Å². The van der Waals surface area contributed by atoms with Gasteiger partial charge in [0.1, 0.15) is 17.8 Å². The van der Waals surface area contributed by atoms with Crippen LogP contribution in [0.25, 0.3) is 0 Å². The Bertz CT molecular complexity index is 602. The number of ether oxygens (including phenoxy) is 1. The zero-order valence-corrected chi connectivity index (χ0v) is 10.8. The van der Waals surface area contributed by atoms with Crippen LogP contribution in [0, 0.1) is 0 Å². The monoisotopic (exact) mass is 270 g/mol. The molecule has 0 saturated heterocycles. The molecule has 4 nitrogen and oxygen atoms in total. The minimum Gasteiger partial charge on any atom is -0.481 e. The zero-order valence-electron chi connectivity index (χ0n) is 10.8. The summed E-state index contributed by atoms with van der Waals surface area (Å²) in [6.45, 7) is 0. The third-order valence-electron chi connectivity index (χ3n) is 2.78. The Kier molecular flexibility index (Phi) is 4.50. The molecule has 102 valence electrons. The number of benzene rings is 2. The summed E-state index contributed by atoms with van der Waals surface area (Å²) in [5.41, 5.74) is 1.50. The average molecular weight is 270 g/mol. The van der Waals surface area contributed by atoms with Gasteiger partial charge in [0.05, 0.1) is 0 Å². The van der Waals surface area contributed by atoms with E-state index in [2.05, 4.69) is 0 Å². The number of aldehydes is 1. The van der Waals surface area contributed by atoms with E-state index in [-0.39, 0.29) is 6.42 Å². The SMILES string of the molecule is O=Cc1ccc(Oc2cccc(CCC(=O)O)c2)cc1. The number of hydrogen-bond donors (Lipinski definition) is 1. The molecule has 0 radical (unpaired) electrons. The highest BCUT2D eigenvalue weighted by Crippen LogP contribution is 2.22. The number of aryl methyl sites for hydroxylation is 1.